The first-order chi connectivity index (χ1) is 7.83. The lowest BCUT2D eigenvalue weighted by Gasteiger charge is -2.35. The third-order valence-corrected chi connectivity index (χ3v) is 5.53. The Morgan fingerprint density at radius 3 is 2.56 bits per heavy atom. The highest BCUT2D eigenvalue weighted by atomic mass is 79.9. The summed E-state index contributed by atoms with van der Waals surface area (Å²) in [4.78, 5) is 14.6. The summed E-state index contributed by atoms with van der Waals surface area (Å²) in [6.07, 6.45) is 7.68. The van der Waals surface area contributed by atoms with Crippen molar-refractivity contribution >= 4 is 21.8 Å². The summed E-state index contributed by atoms with van der Waals surface area (Å²) in [5.41, 5.74) is 0. The molecule has 2 nitrogen and oxygen atoms in total. The highest BCUT2D eigenvalue weighted by Gasteiger charge is 2.57. The standard InChI is InChI=1S/C13H20BrNO/c14-8-9-4-1-2-7-15(9)13(16)12-10-5-3-6-11(10)12/h9-12H,1-8H2. The van der Waals surface area contributed by atoms with Crippen LogP contribution >= 0.6 is 15.9 Å². The van der Waals surface area contributed by atoms with Gasteiger partial charge >= 0.3 is 0 Å². The molecule has 1 aliphatic heterocycles. The number of fused-ring (bicyclic) bond motifs is 1. The van der Waals surface area contributed by atoms with Crippen LogP contribution in [0.1, 0.15) is 38.5 Å². The number of piperidine rings is 1. The first-order valence-corrected chi connectivity index (χ1v) is 7.81. The maximum absolute atomic E-state index is 12.4. The first kappa shape index (κ1) is 11.1. The third-order valence-electron chi connectivity index (χ3n) is 4.78. The summed E-state index contributed by atoms with van der Waals surface area (Å²) in [5.74, 6) is 2.45. The smallest absolute Gasteiger partial charge is 0.226 e. The van der Waals surface area contributed by atoms with Crippen LogP contribution < -0.4 is 0 Å². The predicted molar refractivity (Wildman–Crippen MR) is 67.5 cm³/mol. The largest absolute Gasteiger partial charge is 0.339 e. The molecular weight excluding hydrogens is 266 g/mol. The van der Waals surface area contributed by atoms with Gasteiger partial charge in [0, 0.05) is 23.8 Å². The summed E-state index contributed by atoms with van der Waals surface area (Å²) in [6.45, 7) is 1.00. The van der Waals surface area contributed by atoms with Gasteiger partial charge in [-0.25, -0.2) is 0 Å². The molecule has 3 rings (SSSR count). The van der Waals surface area contributed by atoms with Crippen LogP contribution in [0.4, 0.5) is 0 Å². The van der Waals surface area contributed by atoms with Crippen molar-refractivity contribution in [1.82, 2.24) is 4.90 Å². The quantitative estimate of drug-likeness (QED) is 0.715. The number of nitrogens with zero attached hydrogens (tertiary/aromatic N) is 1. The molecule has 0 aromatic rings. The van der Waals surface area contributed by atoms with Gasteiger partial charge in [-0.2, -0.15) is 0 Å². The van der Waals surface area contributed by atoms with Gasteiger partial charge in [-0.1, -0.05) is 22.4 Å². The zero-order chi connectivity index (χ0) is 11.1. The van der Waals surface area contributed by atoms with Crippen LogP contribution in [-0.4, -0.2) is 28.7 Å². The Balaban J connectivity index is 1.65. The van der Waals surface area contributed by atoms with E-state index in [9.17, 15) is 4.79 Å². The van der Waals surface area contributed by atoms with Crippen molar-refractivity contribution < 1.29 is 4.79 Å². The molecule has 0 bridgehead atoms. The van der Waals surface area contributed by atoms with Gasteiger partial charge in [-0.3, -0.25) is 4.79 Å². The summed E-state index contributed by atoms with van der Waals surface area (Å²) < 4.78 is 0. The zero-order valence-electron chi connectivity index (χ0n) is 9.70. The summed E-state index contributed by atoms with van der Waals surface area (Å²) in [6, 6.07) is 0.475. The van der Waals surface area contributed by atoms with E-state index in [1.54, 1.807) is 0 Å². The molecule has 3 heteroatoms. The van der Waals surface area contributed by atoms with Gasteiger partial charge in [0.2, 0.25) is 5.91 Å². The molecule has 0 spiro atoms. The summed E-state index contributed by atoms with van der Waals surface area (Å²) in [7, 11) is 0. The van der Waals surface area contributed by atoms with Crippen molar-refractivity contribution in [1.29, 1.82) is 0 Å². The Morgan fingerprint density at radius 2 is 1.88 bits per heavy atom. The Morgan fingerprint density at radius 1 is 1.12 bits per heavy atom. The fourth-order valence-corrected chi connectivity index (χ4v) is 4.50. The minimum atomic E-state index is 0.424. The van der Waals surface area contributed by atoms with Gasteiger partial charge in [0.1, 0.15) is 0 Å². The normalized spacial score (nSPS) is 41.9. The predicted octanol–water partition coefficient (Wildman–Crippen LogP) is 2.81. The molecule has 0 aromatic carbocycles. The number of rotatable bonds is 2. The van der Waals surface area contributed by atoms with Crippen LogP contribution in [0.3, 0.4) is 0 Å². The van der Waals surface area contributed by atoms with E-state index in [1.165, 1.54) is 38.5 Å². The van der Waals surface area contributed by atoms with Crippen LogP contribution in [0.2, 0.25) is 0 Å². The topological polar surface area (TPSA) is 20.3 Å². The van der Waals surface area contributed by atoms with E-state index in [0.717, 1.165) is 23.7 Å². The molecule has 1 amide bonds. The number of amides is 1. The van der Waals surface area contributed by atoms with Crippen molar-refractivity contribution in [2.45, 2.75) is 44.6 Å². The zero-order valence-corrected chi connectivity index (χ0v) is 11.3. The van der Waals surface area contributed by atoms with Gasteiger partial charge in [-0.15, -0.1) is 0 Å². The van der Waals surface area contributed by atoms with E-state index in [-0.39, 0.29) is 0 Å². The highest BCUT2D eigenvalue weighted by molar-refractivity contribution is 9.09. The number of likely N-dealkylation sites (tertiary alicyclic amines) is 1. The number of alkyl halides is 1. The lowest BCUT2D eigenvalue weighted by atomic mass is 10.0. The maximum atomic E-state index is 12.4. The van der Waals surface area contributed by atoms with Crippen molar-refractivity contribution in [3.05, 3.63) is 0 Å². The molecule has 3 unspecified atom stereocenters. The Labute approximate surface area is 106 Å². The van der Waals surface area contributed by atoms with Crippen LogP contribution in [0.25, 0.3) is 0 Å². The molecule has 3 aliphatic rings. The molecule has 0 N–H and O–H groups in total. The molecule has 3 fully saturated rings. The average Bonchev–Trinajstić information content (AvgIpc) is 2.81. The number of hydrogen-bond acceptors (Lipinski definition) is 1. The van der Waals surface area contributed by atoms with Crippen molar-refractivity contribution in [2.24, 2.45) is 17.8 Å². The van der Waals surface area contributed by atoms with Crippen LogP contribution in [0.15, 0.2) is 0 Å². The molecule has 2 saturated carbocycles. The Bertz CT molecular complexity index is 284. The van der Waals surface area contributed by atoms with Gasteiger partial charge in [-0.05, 0) is 43.9 Å². The Hall–Kier alpha value is -0.0500. The van der Waals surface area contributed by atoms with E-state index in [1.807, 2.05) is 0 Å². The fourth-order valence-electron chi connectivity index (χ4n) is 3.83. The lowest BCUT2D eigenvalue weighted by Crippen LogP contribution is -2.45. The maximum Gasteiger partial charge on any atom is 0.226 e. The molecule has 1 heterocycles. The van der Waals surface area contributed by atoms with Crippen molar-refractivity contribution in [3.63, 3.8) is 0 Å². The van der Waals surface area contributed by atoms with Crippen molar-refractivity contribution in [2.75, 3.05) is 11.9 Å². The second kappa shape index (κ2) is 4.32. The van der Waals surface area contributed by atoms with Gasteiger partial charge in [0.25, 0.3) is 0 Å². The number of halogens is 1. The minimum Gasteiger partial charge on any atom is -0.339 e. The average molecular weight is 286 g/mol. The van der Waals surface area contributed by atoms with E-state index < -0.39 is 0 Å². The summed E-state index contributed by atoms with van der Waals surface area (Å²) in [5, 5.41) is 0.959. The third kappa shape index (κ3) is 1.71. The van der Waals surface area contributed by atoms with E-state index in [0.29, 0.717) is 17.9 Å². The molecule has 0 radical (unpaired) electrons. The van der Waals surface area contributed by atoms with Gasteiger partial charge < -0.3 is 4.90 Å². The molecule has 1 saturated heterocycles. The first-order valence-electron chi connectivity index (χ1n) is 6.69. The second-order valence-electron chi connectivity index (χ2n) is 5.62. The molecule has 90 valence electrons. The van der Waals surface area contributed by atoms with Crippen LogP contribution in [-0.2, 0) is 4.79 Å². The van der Waals surface area contributed by atoms with E-state index >= 15 is 0 Å². The lowest BCUT2D eigenvalue weighted by molar-refractivity contribution is -0.136. The monoisotopic (exact) mass is 285 g/mol. The van der Waals surface area contributed by atoms with Gasteiger partial charge in [0.15, 0.2) is 0 Å². The van der Waals surface area contributed by atoms with Crippen molar-refractivity contribution in [3.8, 4) is 0 Å². The number of carbonyl (C=O) groups is 1. The van der Waals surface area contributed by atoms with E-state index in [4.69, 9.17) is 0 Å². The van der Waals surface area contributed by atoms with Crippen LogP contribution in [0, 0.1) is 17.8 Å². The SMILES string of the molecule is O=C(C1C2CCCC21)N1CCCCC1CBr. The Kier molecular flexibility index (Phi) is 2.99. The molecule has 16 heavy (non-hydrogen) atoms. The molecule has 3 atom stereocenters. The number of hydrogen-bond donors (Lipinski definition) is 0. The fraction of sp³-hybridized carbons (Fsp3) is 0.923. The molecule has 0 aromatic heterocycles. The van der Waals surface area contributed by atoms with Gasteiger partial charge in [0.05, 0.1) is 0 Å². The van der Waals surface area contributed by atoms with E-state index in [2.05, 4.69) is 20.8 Å². The number of carbonyl (C=O) groups excluding carboxylic acids is 1. The molecular formula is C13H20BrNO. The highest BCUT2D eigenvalue weighted by Crippen LogP contribution is 2.58. The summed E-state index contributed by atoms with van der Waals surface area (Å²) >= 11 is 3.56. The molecule has 2 aliphatic carbocycles. The second-order valence-corrected chi connectivity index (χ2v) is 6.27. The van der Waals surface area contributed by atoms with Crippen LogP contribution in [0.5, 0.6) is 0 Å². The minimum absolute atomic E-state index is 0.424.